The number of benzene rings is 2. The smallest absolute Gasteiger partial charge is 0.129 e. The molecule has 3 heteroatoms. The molecule has 0 saturated heterocycles. The molecule has 0 amide bonds. The topological polar surface area (TPSA) is 26.0 Å². The van der Waals surface area contributed by atoms with E-state index in [2.05, 4.69) is 12.1 Å². The van der Waals surface area contributed by atoms with Gasteiger partial charge in [-0.3, -0.25) is 0 Å². The van der Waals surface area contributed by atoms with E-state index >= 15 is 0 Å². The normalized spacial score (nSPS) is 18.9. The summed E-state index contributed by atoms with van der Waals surface area (Å²) in [6, 6.07) is 11.9. The van der Waals surface area contributed by atoms with Gasteiger partial charge in [-0.2, -0.15) is 0 Å². The van der Waals surface area contributed by atoms with E-state index in [1.807, 2.05) is 12.1 Å². The minimum Gasteiger partial charge on any atom is -0.327 e. The number of aryl methyl sites for hydroxylation is 1. The molecule has 0 radical (unpaired) electrons. The van der Waals surface area contributed by atoms with E-state index in [9.17, 15) is 8.78 Å². The molecule has 2 N–H and O–H groups in total. The van der Waals surface area contributed by atoms with E-state index in [1.54, 1.807) is 0 Å². The van der Waals surface area contributed by atoms with Crippen LogP contribution in [0.2, 0.25) is 0 Å². The summed E-state index contributed by atoms with van der Waals surface area (Å²) in [6.07, 6.45) is 2.18. The van der Waals surface area contributed by atoms with Crippen molar-refractivity contribution in [1.82, 2.24) is 0 Å². The van der Waals surface area contributed by atoms with Crippen molar-refractivity contribution in [2.24, 2.45) is 5.73 Å². The second kappa shape index (κ2) is 5.33. The Labute approximate surface area is 117 Å². The standard InChI is InChI=1S/C17H17F2N/c18-15-6-3-7-16(19)14(15)10-17(20)13-9-8-11-4-1-2-5-12(11)13/h1-7,13,17H,8-10,20H2. The Hall–Kier alpha value is -1.74. The van der Waals surface area contributed by atoms with Crippen LogP contribution in [0.15, 0.2) is 42.5 Å². The van der Waals surface area contributed by atoms with Gasteiger partial charge < -0.3 is 5.73 Å². The molecule has 0 fully saturated rings. The minimum atomic E-state index is -0.508. The van der Waals surface area contributed by atoms with Crippen molar-refractivity contribution in [2.75, 3.05) is 0 Å². The molecular formula is C17H17F2N. The average molecular weight is 273 g/mol. The van der Waals surface area contributed by atoms with Crippen LogP contribution in [0.5, 0.6) is 0 Å². The molecule has 0 aliphatic heterocycles. The lowest BCUT2D eigenvalue weighted by molar-refractivity contribution is 0.488. The Balaban J connectivity index is 1.83. The van der Waals surface area contributed by atoms with Crippen LogP contribution in [0, 0.1) is 11.6 Å². The molecule has 3 rings (SSSR count). The molecule has 2 aromatic carbocycles. The molecule has 0 spiro atoms. The van der Waals surface area contributed by atoms with E-state index in [4.69, 9.17) is 5.73 Å². The van der Waals surface area contributed by atoms with Gasteiger partial charge in [0.2, 0.25) is 0 Å². The van der Waals surface area contributed by atoms with Crippen molar-refractivity contribution in [1.29, 1.82) is 0 Å². The summed E-state index contributed by atoms with van der Waals surface area (Å²) in [4.78, 5) is 0. The van der Waals surface area contributed by atoms with Crippen LogP contribution in [0.3, 0.4) is 0 Å². The molecule has 0 bridgehead atoms. The molecule has 104 valence electrons. The van der Waals surface area contributed by atoms with Gasteiger partial charge in [0.05, 0.1) is 0 Å². The van der Waals surface area contributed by atoms with Gasteiger partial charge in [0.25, 0.3) is 0 Å². The second-order valence-corrected chi connectivity index (χ2v) is 5.41. The lowest BCUT2D eigenvalue weighted by Crippen LogP contribution is -2.30. The highest BCUT2D eigenvalue weighted by Crippen LogP contribution is 2.35. The summed E-state index contributed by atoms with van der Waals surface area (Å²) in [5.41, 5.74) is 8.87. The zero-order valence-electron chi connectivity index (χ0n) is 11.2. The third-order valence-corrected chi connectivity index (χ3v) is 4.20. The van der Waals surface area contributed by atoms with Crippen LogP contribution in [0.25, 0.3) is 0 Å². The molecule has 0 heterocycles. The quantitative estimate of drug-likeness (QED) is 0.909. The van der Waals surface area contributed by atoms with Gasteiger partial charge in [-0.25, -0.2) is 8.78 Å². The van der Waals surface area contributed by atoms with Crippen molar-refractivity contribution in [3.8, 4) is 0 Å². The van der Waals surface area contributed by atoms with Gasteiger partial charge >= 0.3 is 0 Å². The number of fused-ring (bicyclic) bond motifs is 1. The lowest BCUT2D eigenvalue weighted by atomic mass is 9.89. The second-order valence-electron chi connectivity index (χ2n) is 5.41. The van der Waals surface area contributed by atoms with Crippen molar-refractivity contribution in [3.63, 3.8) is 0 Å². The van der Waals surface area contributed by atoms with Crippen LogP contribution in [0.4, 0.5) is 8.78 Å². The first-order chi connectivity index (χ1) is 9.66. The third-order valence-electron chi connectivity index (χ3n) is 4.20. The fraction of sp³-hybridized carbons (Fsp3) is 0.294. The monoisotopic (exact) mass is 273 g/mol. The van der Waals surface area contributed by atoms with Crippen LogP contribution < -0.4 is 5.73 Å². The van der Waals surface area contributed by atoms with E-state index < -0.39 is 11.6 Å². The van der Waals surface area contributed by atoms with Crippen LogP contribution in [0.1, 0.15) is 29.0 Å². The van der Waals surface area contributed by atoms with E-state index in [1.165, 1.54) is 29.3 Å². The molecule has 1 aliphatic carbocycles. The number of halogens is 2. The molecule has 1 aliphatic rings. The molecule has 2 unspecified atom stereocenters. The predicted molar refractivity (Wildman–Crippen MR) is 75.5 cm³/mol. The number of rotatable bonds is 3. The molecular weight excluding hydrogens is 256 g/mol. The number of hydrogen-bond acceptors (Lipinski definition) is 1. The zero-order chi connectivity index (χ0) is 14.1. The van der Waals surface area contributed by atoms with E-state index in [-0.39, 0.29) is 23.9 Å². The summed E-state index contributed by atoms with van der Waals surface area (Å²) in [5.74, 6) is -0.830. The summed E-state index contributed by atoms with van der Waals surface area (Å²) < 4.78 is 27.4. The minimum absolute atomic E-state index is 0.101. The highest BCUT2D eigenvalue weighted by Gasteiger charge is 2.28. The summed E-state index contributed by atoms with van der Waals surface area (Å²) in [5, 5.41) is 0. The fourth-order valence-corrected chi connectivity index (χ4v) is 3.14. The molecule has 2 atom stereocenters. The van der Waals surface area contributed by atoms with Gasteiger partial charge in [-0.05, 0) is 48.4 Å². The van der Waals surface area contributed by atoms with E-state index in [0.717, 1.165) is 12.8 Å². The lowest BCUT2D eigenvalue weighted by Gasteiger charge is -2.21. The van der Waals surface area contributed by atoms with Crippen molar-refractivity contribution in [2.45, 2.75) is 31.2 Å². The highest BCUT2D eigenvalue weighted by molar-refractivity contribution is 5.36. The SMILES string of the molecule is NC(Cc1c(F)cccc1F)C1CCc2ccccc21. The number of hydrogen-bond donors (Lipinski definition) is 1. The fourth-order valence-electron chi connectivity index (χ4n) is 3.14. The molecule has 20 heavy (non-hydrogen) atoms. The Morgan fingerprint density at radius 2 is 1.75 bits per heavy atom. The first-order valence-corrected chi connectivity index (χ1v) is 6.93. The zero-order valence-corrected chi connectivity index (χ0v) is 11.2. The maximum Gasteiger partial charge on any atom is 0.129 e. The van der Waals surface area contributed by atoms with Gasteiger partial charge in [-0.1, -0.05) is 30.3 Å². The first kappa shape index (κ1) is 13.3. The summed E-state index contributed by atoms with van der Waals surface area (Å²) >= 11 is 0. The van der Waals surface area contributed by atoms with Gasteiger partial charge in [0.15, 0.2) is 0 Å². The van der Waals surface area contributed by atoms with Gasteiger partial charge in [0.1, 0.15) is 11.6 Å². The molecule has 0 aromatic heterocycles. The summed E-state index contributed by atoms with van der Waals surface area (Å²) in [7, 11) is 0. The molecule has 1 nitrogen and oxygen atoms in total. The maximum absolute atomic E-state index is 13.7. The van der Waals surface area contributed by atoms with Crippen LogP contribution in [-0.4, -0.2) is 6.04 Å². The molecule has 0 saturated carbocycles. The Morgan fingerprint density at radius 3 is 2.50 bits per heavy atom. The maximum atomic E-state index is 13.7. The third kappa shape index (κ3) is 2.34. The predicted octanol–water partition coefficient (Wildman–Crippen LogP) is 3.56. The van der Waals surface area contributed by atoms with Gasteiger partial charge in [-0.15, -0.1) is 0 Å². The van der Waals surface area contributed by atoms with Crippen LogP contribution >= 0.6 is 0 Å². The van der Waals surface area contributed by atoms with Crippen molar-refractivity contribution in [3.05, 3.63) is 70.8 Å². The summed E-state index contributed by atoms with van der Waals surface area (Å²) in [6.45, 7) is 0. The van der Waals surface area contributed by atoms with Crippen molar-refractivity contribution < 1.29 is 8.78 Å². The van der Waals surface area contributed by atoms with Crippen LogP contribution in [-0.2, 0) is 12.8 Å². The first-order valence-electron chi connectivity index (χ1n) is 6.93. The Bertz CT molecular complexity index is 604. The van der Waals surface area contributed by atoms with Crippen molar-refractivity contribution >= 4 is 0 Å². The Kier molecular flexibility index (Phi) is 3.53. The van der Waals surface area contributed by atoms with E-state index in [0.29, 0.717) is 0 Å². The molecule has 2 aromatic rings. The highest BCUT2D eigenvalue weighted by atomic mass is 19.1. The number of nitrogens with two attached hydrogens (primary N) is 1. The largest absolute Gasteiger partial charge is 0.327 e. The van der Waals surface area contributed by atoms with Gasteiger partial charge in [0, 0.05) is 11.6 Å². The average Bonchev–Trinajstić information content (AvgIpc) is 2.87. The Morgan fingerprint density at radius 1 is 1.05 bits per heavy atom.